The van der Waals surface area contributed by atoms with Gasteiger partial charge in [-0.25, -0.2) is 0 Å². The molecule has 14 heavy (non-hydrogen) atoms. The molecule has 0 amide bonds. The van der Waals surface area contributed by atoms with Crippen molar-refractivity contribution in [3.05, 3.63) is 0 Å². The van der Waals surface area contributed by atoms with E-state index in [4.69, 9.17) is 0 Å². The van der Waals surface area contributed by atoms with Crippen molar-refractivity contribution in [2.75, 3.05) is 13.1 Å². The molecule has 2 fully saturated rings. The van der Waals surface area contributed by atoms with Crippen LogP contribution in [0.4, 0.5) is 0 Å². The Hall–Kier alpha value is -0.0800. The fourth-order valence-electron chi connectivity index (χ4n) is 2.38. The van der Waals surface area contributed by atoms with E-state index in [0.717, 1.165) is 18.0 Å². The molecule has 2 unspecified atom stereocenters. The van der Waals surface area contributed by atoms with E-state index in [1.54, 1.807) is 0 Å². The van der Waals surface area contributed by atoms with Gasteiger partial charge < -0.3 is 10.6 Å². The molecule has 1 saturated carbocycles. The van der Waals surface area contributed by atoms with Gasteiger partial charge in [-0.2, -0.15) is 0 Å². The van der Waals surface area contributed by atoms with Crippen LogP contribution in [0, 0.1) is 5.92 Å². The summed E-state index contributed by atoms with van der Waals surface area (Å²) in [6.07, 6.45) is 8.50. The van der Waals surface area contributed by atoms with Gasteiger partial charge in [-0.05, 0) is 38.6 Å². The van der Waals surface area contributed by atoms with Gasteiger partial charge in [-0.1, -0.05) is 19.3 Å². The van der Waals surface area contributed by atoms with Gasteiger partial charge in [-0.3, -0.25) is 0 Å². The second-order valence-electron chi connectivity index (χ2n) is 5.14. The molecule has 2 aliphatic rings. The molecule has 0 bridgehead atoms. The molecule has 2 atom stereocenters. The fraction of sp³-hybridized carbons (Fsp3) is 1.00. The lowest BCUT2D eigenvalue weighted by Gasteiger charge is -2.25. The fourth-order valence-corrected chi connectivity index (χ4v) is 2.38. The molecule has 2 nitrogen and oxygen atoms in total. The average molecular weight is 196 g/mol. The summed E-state index contributed by atoms with van der Waals surface area (Å²) in [5, 5.41) is 7.24. The third-order valence-corrected chi connectivity index (χ3v) is 3.51. The molecule has 0 spiro atoms. The van der Waals surface area contributed by atoms with Crippen molar-refractivity contribution in [3.63, 3.8) is 0 Å². The molecule has 2 heteroatoms. The number of piperidine rings is 1. The minimum Gasteiger partial charge on any atom is -0.313 e. The van der Waals surface area contributed by atoms with Gasteiger partial charge in [-0.15, -0.1) is 0 Å². The molecule has 1 aliphatic carbocycles. The SMILES string of the molecule is CC(CC1CC1)NCC1CCCCN1. The van der Waals surface area contributed by atoms with E-state index in [1.807, 2.05) is 0 Å². The first-order valence-electron chi connectivity index (χ1n) is 6.31. The van der Waals surface area contributed by atoms with Gasteiger partial charge in [0, 0.05) is 18.6 Å². The highest BCUT2D eigenvalue weighted by atomic mass is 15.0. The summed E-state index contributed by atoms with van der Waals surface area (Å²) >= 11 is 0. The van der Waals surface area contributed by atoms with E-state index in [1.165, 1.54) is 51.6 Å². The molecule has 0 aromatic heterocycles. The molecule has 2 N–H and O–H groups in total. The van der Waals surface area contributed by atoms with Crippen LogP contribution < -0.4 is 10.6 Å². The standard InChI is InChI=1S/C12H24N2/c1-10(8-11-5-6-11)14-9-12-4-2-3-7-13-12/h10-14H,2-9H2,1H3. The molecular formula is C12H24N2. The van der Waals surface area contributed by atoms with Gasteiger partial charge in [0.25, 0.3) is 0 Å². The second-order valence-corrected chi connectivity index (χ2v) is 5.14. The second kappa shape index (κ2) is 5.13. The number of hydrogen-bond donors (Lipinski definition) is 2. The van der Waals surface area contributed by atoms with Crippen LogP contribution in [-0.2, 0) is 0 Å². The van der Waals surface area contributed by atoms with Crippen molar-refractivity contribution in [1.82, 2.24) is 10.6 Å². The van der Waals surface area contributed by atoms with Crippen molar-refractivity contribution in [2.45, 2.75) is 57.5 Å². The summed E-state index contributed by atoms with van der Waals surface area (Å²) in [5.41, 5.74) is 0. The van der Waals surface area contributed by atoms with Gasteiger partial charge in [0.15, 0.2) is 0 Å². The zero-order valence-electron chi connectivity index (χ0n) is 9.39. The Morgan fingerprint density at radius 3 is 2.79 bits per heavy atom. The Labute approximate surface area is 87.8 Å². The van der Waals surface area contributed by atoms with Crippen molar-refractivity contribution in [2.24, 2.45) is 5.92 Å². The van der Waals surface area contributed by atoms with E-state index in [2.05, 4.69) is 17.6 Å². The summed E-state index contributed by atoms with van der Waals surface area (Å²) in [4.78, 5) is 0. The number of nitrogens with one attached hydrogen (secondary N) is 2. The Balaban J connectivity index is 1.55. The summed E-state index contributed by atoms with van der Waals surface area (Å²) in [5.74, 6) is 1.05. The maximum absolute atomic E-state index is 3.66. The predicted octanol–water partition coefficient (Wildman–Crippen LogP) is 1.91. The van der Waals surface area contributed by atoms with Crippen LogP contribution in [0.2, 0.25) is 0 Å². The Morgan fingerprint density at radius 2 is 2.14 bits per heavy atom. The van der Waals surface area contributed by atoms with Crippen LogP contribution in [0.15, 0.2) is 0 Å². The molecule has 82 valence electrons. The summed E-state index contributed by atoms with van der Waals surface area (Å²) in [7, 11) is 0. The van der Waals surface area contributed by atoms with Crippen LogP contribution in [0.25, 0.3) is 0 Å². The normalized spacial score (nSPS) is 30.2. The number of hydrogen-bond acceptors (Lipinski definition) is 2. The summed E-state index contributed by atoms with van der Waals surface area (Å²) < 4.78 is 0. The van der Waals surface area contributed by atoms with E-state index >= 15 is 0 Å². The van der Waals surface area contributed by atoms with Gasteiger partial charge in [0.05, 0.1) is 0 Å². The monoisotopic (exact) mass is 196 g/mol. The van der Waals surface area contributed by atoms with E-state index < -0.39 is 0 Å². The smallest absolute Gasteiger partial charge is 0.0192 e. The summed E-state index contributed by atoms with van der Waals surface area (Å²) in [6, 6.07) is 1.47. The highest BCUT2D eigenvalue weighted by molar-refractivity contribution is 4.80. The molecule has 1 heterocycles. The largest absolute Gasteiger partial charge is 0.313 e. The molecule has 1 saturated heterocycles. The maximum atomic E-state index is 3.66. The zero-order valence-corrected chi connectivity index (χ0v) is 9.39. The van der Waals surface area contributed by atoms with Crippen molar-refractivity contribution < 1.29 is 0 Å². The maximum Gasteiger partial charge on any atom is 0.0192 e. The molecule has 1 aliphatic heterocycles. The number of rotatable bonds is 5. The molecule has 0 radical (unpaired) electrons. The minimum absolute atomic E-state index is 0.728. The Morgan fingerprint density at radius 1 is 1.29 bits per heavy atom. The van der Waals surface area contributed by atoms with Crippen molar-refractivity contribution in [1.29, 1.82) is 0 Å². The Kier molecular flexibility index (Phi) is 3.82. The van der Waals surface area contributed by atoms with Crippen LogP contribution >= 0.6 is 0 Å². The van der Waals surface area contributed by atoms with Crippen LogP contribution in [0.1, 0.15) is 45.4 Å². The van der Waals surface area contributed by atoms with Gasteiger partial charge >= 0.3 is 0 Å². The molecule has 0 aromatic rings. The minimum atomic E-state index is 0.728. The molecular weight excluding hydrogens is 172 g/mol. The lowest BCUT2D eigenvalue weighted by molar-refractivity contribution is 0.361. The van der Waals surface area contributed by atoms with Crippen molar-refractivity contribution in [3.8, 4) is 0 Å². The summed E-state index contributed by atoms with van der Waals surface area (Å²) in [6.45, 7) is 4.73. The van der Waals surface area contributed by atoms with Crippen LogP contribution in [0.5, 0.6) is 0 Å². The van der Waals surface area contributed by atoms with Crippen LogP contribution in [-0.4, -0.2) is 25.2 Å². The van der Waals surface area contributed by atoms with E-state index in [0.29, 0.717) is 0 Å². The lowest BCUT2D eigenvalue weighted by Crippen LogP contribution is -2.44. The molecule has 2 rings (SSSR count). The highest BCUT2D eigenvalue weighted by Gasteiger charge is 2.23. The van der Waals surface area contributed by atoms with Crippen molar-refractivity contribution >= 4 is 0 Å². The predicted molar refractivity (Wildman–Crippen MR) is 60.4 cm³/mol. The Bertz CT molecular complexity index is 160. The quantitative estimate of drug-likeness (QED) is 0.702. The lowest BCUT2D eigenvalue weighted by atomic mass is 10.0. The van der Waals surface area contributed by atoms with E-state index in [-0.39, 0.29) is 0 Å². The third kappa shape index (κ3) is 3.58. The van der Waals surface area contributed by atoms with E-state index in [9.17, 15) is 0 Å². The average Bonchev–Trinajstić information content (AvgIpc) is 3.00. The third-order valence-electron chi connectivity index (χ3n) is 3.51. The van der Waals surface area contributed by atoms with Gasteiger partial charge in [0.2, 0.25) is 0 Å². The first-order valence-corrected chi connectivity index (χ1v) is 6.31. The highest BCUT2D eigenvalue weighted by Crippen LogP contribution is 2.33. The first kappa shape index (κ1) is 10.4. The zero-order chi connectivity index (χ0) is 9.80. The van der Waals surface area contributed by atoms with Crippen LogP contribution in [0.3, 0.4) is 0 Å². The van der Waals surface area contributed by atoms with Gasteiger partial charge in [0.1, 0.15) is 0 Å². The topological polar surface area (TPSA) is 24.1 Å². The first-order chi connectivity index (χ1) is 6.84. The molecule has 0 aromatic carbocycles.